The van der Waals surface area contributed by atoms with Crippen LogP contribution in [-0.2, 0) is 0 Å². The molecule has 0 fully saturated rings. The van der Waals surface area contributed by atoms with E-state index < -0.39 is 0 Å². The van der Waals surface area contributed by atoms with Crippen molar-refractivity contribution in [1.29, 1.82) is 0 Å². The minimum absolute atomic E-state index is 0.797. The lowest BCUT2D eigenvalue weighted by atomic mass is 9.85. The summed E-state index contributed by atoms with van der Waals surface area (Å²) in [6.07, 6.45) is 1.72. The highest BCUT2D eigenvalue weighted by Gasteiger charge is 2.20. The fourth-order valence-electron chi connectivity index (χ4n) is 7.09. The van der Waals surface area contributed by atoms with Gasteiger partial charge in [-0.05, 0) is 68.6 Å². The van der Waals surface area contributed by atoms with Crippen LogP contribution >= 0.6 is 11.3 Å². The Balaban J connectivity index is 1.31. The third-order valence-corrected chi connectivity index (χ3v) is 10.2. The number of hydrogen-bond donors (Lipinski definition) is 0. The summed E-state index contributed by atoms with van der Waals surface area (Å²) < 4.78 is 14.8. The van der Waals surface area contributed by atoms with Crippen LogP contribution in [0.1, 0.15) is 0 Å². The fraction of sp³-hybridized carbons (Fsp3) is 0. The molecule has 7 aromatic carbocycles. The van der Waals surface area contributed by atoms with Gasteiger partial charge in [-0.1, -0.05) is 97.1 Å². The number of rotatable bonds is 2. The molecule has 3 heteroatoms. The molecule has 0 amide bonds. The Kier molecular flexibility index (Phi) is 4.63. The first-order valence-electron chi connectivity index (χ1n) is 14.5. The number of thiophene rings is 1. The van der Waals surface area contributed by atoms with Gasteiger partial charge in [0.15, 0.2) is 11.2 Å². The number of furan rings is 2. The summed E-state index contributed by atoms with van der Waals surface area (Å²) in [5.74, 6) is 0. The zero-order valence-corrected chi connectivity index (χ0v) is 23.7. The lowest BCUT2D eigenvalue weighted by Gasteiger charge is -2.18. The van der Waals surface area contributed by atoms with E-state index in [9.17, 15) is 0 Å². The molecular weight excluding hydrogens is 545 g/mol. The molecule has 0 saturated carbocycles. The first-order chi connectivity index (χ1) is 21.3. The number of hydrogen-bond acceptors (Lipinski definition) is 3. The number of benzene rings is 7. The van der Waals surface area contributed by atoms with E-state index in [1.54, 1.807) is 6.26 Å². The number of fused-ring (bicyclic) bond motifs is 10. The fourth-order valence-corrected chi connectivity index (χ4v) is 8.31. The van der Waals surface area contributed by atoms with Crippen molar-refractivity contribution in [3.63, 3.8) is 0 Å². The van der Waals surface area contributed by atoms with Crippen LogP contribution in [0.4, 0.5) is 0 Å². The molecule has 0 saturated heterocycles. The zero-order chi connectivity index (χ0) is 28.1. The third kappa shape index (κ3) is 3.17. The summed E-state index contributed by atoms with van der Waals surface area (Å²) >= 11 is 1.89. The van der Waals surface area contributed by atoms with Crippen molar-refractivity contribution in [2.24, 2.45) is 0 Å². The SMILES string of the molecule is c1ccc2c(c1)sc1c(-c3c4ccccc4c(-c4ccc5oc6c(ccc7ccoc76)c5c4)c4ccccc34)cccc12. The van der Waals surface area contributed by atoms with Gasteiger partial charge in [0.1, 0.15) is 5.58 Å². The van der Waals surface area contributed by atoms with Gasteiger partial charge >= 0.3 is 0 Å². The van der Waals surface area contributed by atoms with E-state index in [1.807, 2.05) is 17.4 Å². The van der Waals surface area contributed by atoms with Crippen molar-refractivity contribution in [3.8, 4) is 22.3 Å². The molecule has 0 radical (unpaired) electrons. The summed E-state index contributed by atoms with van der Waals surface area (Å²) in [5.41, 5.74) is 7.47. The molecule has 0 aliphatic carbocycles. The second-order valence-electron chi connectivity index (χ2n) is 11.2. The van der Waals surface area contributed by atoms with E-state index in [4.69, 9.17) is 8.83 Å². The predicted octanol–water partition coefficient (Wildman–Crippen LogP) is 12.3. The highest BCUT2D eigenvalue weighted by Crippen LogP contribution is 2.48. The van der Waals surface area contributed by atoms with E-state index in [0.717, 1.165) is 32.9 Å². The van der Waals surface area contributed by atoms with E-state index in [-0.39, 0.29) is 0 Å². The average Bonchev–Trinajstić information content (AvgIpc) is 3.78. The third-order valence-electron chi connectivity index (χ3n) is 8.95. The monoisotopic (exact) mass is 566 g/mol. The molecule has 0 aliphatic rings. The maximum atomic E-state index is 6.34. The van der Waals surface area contributed by atoms with Gasteiger partial charge in [0.05, 0.1) is 6.26 Å². The summed E-state index contributed by atoms with van der Waals surface area (Å²) in [5, 5.41) is 10.9. The molecule has 200 valence electrons. The summed E-state index contributed by atoms with van der Waals surface area (Å²) in [4.78, 5) is 0. The zero-order valence-electron chi connectivity index (χ0n) is 22.9. The molecule has 10 rings (SSSR count). The molecule has 3 aromatic heterocycles. The quantitative estimate of drug-likeness (QED) is 0.195. The molecule has 0 aliphatic heterocycles. The van der Waals surface area contributed by atoms with Crippen molar-refractivity contribution in [2.45, 2.75) is 0 Å². The van der Waals surface area contributed by atoms with Crippen molar-refractivity contribution in [3.05, 3.63) is 134 Å². The van der Waals surface area contributed by atoms with Crippen molar-refractivity contribution in [1.82, 2.24) is 0 Å². The molecule has 3 heterocycles. The minimum Gasteiger partial charge on any atom is -0.460 e. The second-order valence-corrected chi connectivity index (χ2v) is 12.3. The highest BCUT2D eigenvalue weighted by atomic mass is 32.1. The lowest BCUT2D eigenvalue weighted by Crippen LogP contribution is -1.91. The van der Waals surface area contributed by atoms with Crippen LogP contribution in [0.25, 0.3) is 96.9 Å². The molecule has 0 unspecified atom stereocenters. The van der Waals surface area contributed by atoms with Crippen LogP contribution in [0.5, 0.6) is 0 Å². The smallest absolute Gasteiger partial charge is 0.178 e. The summed E-state index contributed by atoms with van der Waals surface area (Å²) in [7, 11) is 0. The second kappa shape index (κ2) is 8.57. The van der Waals surface area contributed by atoms with Gasteiger partial charge < -0.3 is 8.83 Å². The van der Waals surface area contributed by atoms with Gasteiger partial charge in [0, 0.05) is 41.9 Å². The Morgan fingerprint density at radius 2 is 1.16 bits per heavy atom. The Morgan fingerprint density at radius 1 is 0.465 bits per heavy atom. The summed E-state index contributed by atoms with van der Waals surface area (Å²) in [6.45, 7) is 0. The molecule has 0 spiro atoms. The maximum absolute atomic E-state index is 6.34. The Morgan fingerprint density at radius 3 is 1.95 bits per heavy atom. The largest absolute Gasteiger partial charge is 0.460 e. The first-order valence-corrected chi connectivity index (χ1v) is 15.3. The molecule has 0 atom stereocenters. The molecule has 0 bridgehead atoms. The maximum Gasteiger partial charge on any atom is 0.178 e. The van der Waals surface area contributed by atoms with Gasteiger partial charge in [-0.15, -0.1) is 11.3 Å². The van der Waals surface area contributed by atoms with Crippen LogP contribution in [-0.4, -0.2) is 0 Å². The van der Waals surface area contributed by atoms with E-state index in [2.05, 4.69) is 121 Å². The average molecular weight is 567 g/mol. The normalized spacial score (nSPS) is 12.2. The van der Waals surface area contributed by atoms with E-state index in [1.165, 1.54) is 64.0 Å². The predicted molar refractivity (Wildman–Crippen MR) is 182 cm³/mol. The first kappa shape index (κ1) is 23.2. The Bertz CT molecular complexity index is 2680. The molecule has 10 aromatic rings. The Labute approximate surface area is 250 Å². The van der Waals surface area contributed by atoms with Crippen LogP contribution in [0, 0.1) is 0 Å². The van der Waals surface area contributed by atoms with Gasteiger partial charge in [-0.25, -0.2) is 0 Å². The van der Waals surface area contributed by atoms with Crippen molar-refractivity contribution >= 4 is 86.0 Å². The summed E-state index contributed by atoms with van der Waals surface area (Å²) in [6, 6.07) is 46.1. The van der Waals surface area contributed by atoms with Crippen LogP contribution < -0.4 is 0 Å². The molecule has 43 heavy (non-hydrogen) atoms. The van der Waals surface area contributed by atoms with Gasteiger partial charge in [0.2, 0.25) is 0 Å². The Hall–Kier alpha value is -5.38. The van der Waals surface area contributed by atoms with E-state index in [0.29, 0.717) is 0 Å². The molecule has 0 N–H and O–H groups in total. The van der Waals surface area contributed by atoms with Crippen LogP contribution in [0.3, 0.4) is 0 Å². The van der Waals surface area contributed by atoms with Gasteiger partial charge in [0.25, 0.3) is 0 Å². The standard InChI is InChI=1S/C40H22O2S/c1-3-11-28-26(9-1)36(24-17-19-34-33(22-24)30-18-16-23-20-21-41-38(23)39(30)42-34)27-10-2-4-12-29(27)37(28)32-14-7-13-31-25-8-5-6-15-35(25)43-40(31)32/h1-22H. The van der Waals surface area contributed by atoms with Crippen molar-refractivity contribution in [2.75, 3.05) is 0 Å². The van der Waals surface area contributed by atoms with Crippen molar-refractivity contribution < 1.29 is 8.83 Å². The van der Waals surface area contributed by atoms with Crippen LogP contribution in [0.2, 0.25) is 0 Å². The van der Waals surface area contributed by atoms with Gasteiger partial charge in [-0.3, -0.25) is 0 Å². The topological polar surface area (TPSA) is 26.3 Å². The molecule has 2 nitrogen and oxygen atoms in total. The highest BCUT2D eigenvalue weighted by molar-refractivity contribution is 7.26. The minimum atomic E-state index is 0.797. The lowest BCUT2D eigenvalue weighted by molar-refractivity contribution is 0.600. The van der Waals surface area contributed by atoms with E-state index >= 15 is 0 Å². The van der Waals surface area contributed by atoms with Gasteiger partial charge in [-0.2, -0.15) is 0 Å². The van der Waals surface area contributed by atoms with Crippen LogP contribution in [0.15, 0.2) is 142 Å². The molecular formula is C40H22O2S.